The molecule has 0 aromatic carbocycles. The predicted octanol–water partition coefficient (Wildman–Crippen LogP) is 0.305. The van der Waals surface area contributed by atoms with Crippen LogP contribution in [0.2, 0.25) is 0 Å². The zero-order valence-electron chi connectivity index (χ0n) is 8.24. The maximum Gasteiger partial charge on any atom is 0.256 e. The molecule has 6 nitrogen and oxygen atoms in total. The van der Waals surface area contributed by atoms with Crippen LogP contribution in [0.5, 0.6) is 0 Å². The Morgan fingerprint density at radius 3 is 2.80 bits per heavy atom. The van der Waals surface area contributed by atoms with E-state index >= 15 is 0 Å². The van der Waals surface area contributed by atoms with Crippen molar-refractivity contribution in [2.75, 3.05) is 5.73 Å². The van der Waals surface area contributed by atoms with Gasteiger partial charge in [0.05, 0.1) is 5.56 Å². The summed E-state index contributed by atoms with van der Waals surface area (Å²) in [7, 11) is 0. The van der Waals surface area contributed by atoms with E-state index in [0.29, 0.717) is 23.6 Å². The normalized spacial score (nSPS) is 10.5. The molecule has 0 fully saturated rings. The number of imidazole rings is 1. The van der Waals surface area contributed by atoms with Gasteiger partial charge in [0.1, 0.15) is 5.82 Å². The van der Waals surface area contributed by atoms with Crippen LogP contribution < -0.4 is 11.3 Å². The zero-order valence-corrected chi connectivity index (χ0v) is 8.24. The quantitative estimate of drug-likeness (QED) is 0.656. The average Bonchev–Trinajstić information content (AvgIpc) is 2.69. The van der Waals surface area contributed by atoms with Crippen molar-refractivity contribution in [3.05, 3.63) is 28.3 Å². The van der Waals surface area contributed by atoms with E-state index in [0.717, 1.165) is 0 Å². The van der Waals surface area contributed by atoms with Crippen molar-refractivity contribution >= 4 is 5.82 Å². The Morgan fingerprint density at radius 2 is 2.27 bits per heavy atom. The molecular formula is C9H11N5O. The van der Waals surface area contributed by atoms with E-state index in [1.165, 1.54) is 0 Å². The SMILES string of the molecule is CCc1c(N)nc(-c2ncc[nH]2)[nH]c1=O. The molecule has 0 aliphatic rings. The minimum Gasteiger partial charge on any atom is -0.383 e. The summed E-state index contributed by atoms with van der Waals surface area (Å²) in [5.74, 6) is 1.12. The van der Waals surface area contributed by atoms with Crippen LogP contribution in [0.15, 0.2) is 17.2 Å². The Bertz CT molecular complexity index is 514. The van der Waals surface area contributed by atoms with Crippen LogP contribution in [0.25, 0.3) is 11.6 Å². The highest BCUT2D eigenvalue weighted by molar-refractivity contribution is 5.49. The third kappa shape index (κ3) is 1.61. The van der Waals surface area contributed by atoms with Gasteiger partial charge in [-0.05, 0) is 6.42 Å². The summed E-state index contributed by atoms with van der Waals surface area (Å²) in [6, 6.07) is 0. The number of aromatic nitrogens is 4. The molecule has 0 bridgehead atoms. The fourth-order valence-corrected chi connectivity index (χ4v) is 1.36. The van der Waals surface area contributed by atoms with Gasteiger partial charge < -0.3 is 15.7 Å². The molecule has 2 aromatic heterocycles. The van der Waals surface area contributed by atoms with Gasteiger partial charge in [0, 0.05) is 12.4 Å². The van der Waals surface area contributed by atoms with E-state index in [4.69, 9.17) is 5.73 Å². The first-order valence-electron chi connectivity index (χ1n) is 4.60. The maximum atomic E-state index is 11.6. The first-order chi connectivity index (χ1) is 7.22. The van der Waals surface area contributed by atoms with Crippen LogP contribution in [0.3, 0.4) is 0 Å². The molecule has 0 aliphatic heterocycles. The molecule has 0 amide bonds. The Morgan fingerprint density at radius 1 is 1.47 bits per heavy atom. The summed E-state index contributed by atoms with van der Waals surface area (Å²) < 4.78 is 0. The fourth-order valence-electron chi connectivity index (χ4n) is 1.36. The lowest BCUT2D eigenvalue weighted by atomic mass is 10.2. The second-order valence-electron chi connectivity index (χ2n) is 3.07. The molecule has 0 unspecified atom stereocenters. The van der Waals surface area contributed by atoms with Gasteiger partial charge in [-0.25, -0.2) is 9.97 Å². The maximum absolute atomic E-state index is 11.6. The number of nitrogens with one attached hydrogen (secondary N) is 2. The summed E-state index contributed by atoms with van der Waals surface area (Å²) in [4.78, 5) is 25.1. The second kappa shape index (κ2) is 3.56. The lowest BCUT2D eigenvalue weighted by molar-refractivity contribution is 1.01. The van der Waals surface area contributed by atoms with E-state index in [1.54, 1.807) is 12.4 Å². The molecule has 2 heterocycles. The number of nitrogens with two attached hydrogens (primary N) is 1. The van der Waals surface area contributed by atoms with Crippen molar-refractivity contribution in [2.45, 2.75) is 13.3 Å². The van der Waals surface area contributed by atoms with Crippen LogP contribution in [0, 0.1) is 0 Å². The molecule has 4 N–H and O–H groups in total. The molecule has 2 aromatic rings. The highest BCUT2D eigenvalue weighted by Gasteiger charge is 2.09. The number of aromatic amines is 2. The Hall–Kier alpha value is -2.11. The van der Waals surface area contributed by atoms with Crippen LogP contribution in [-0.2, 0) is 6.42 Å². The summed E-state index contributed by atoms with van der Waals surface area (Å²) in [6.07, 6.45) is 3.80. The van der Waals surface area contributed by atoms with E-state index in [1.807, 2.05) is 6.92 Å². The standard InChI is InChI=1S/C9H11N5O/c1-2-5-6(10)13-8(14-9(5)15)7-11-3-4-12-7/h3-4H,2H2,1H3,(H,11,12)(H3,10,13,14,15). The van der Waals surface area contributed by atoms with Crippen molar-refractivity contribution < 1.29 is 0 Å². The van der Waals surface area contributed by atoms with Gasteiger partial charge in [-0.2, -0.15) is 0 Å². The summed E-state index contributed by atoms with van der Waals surface area (Å²) in [6.45, 7) is 1.86. The largest absolute Gasteiger partial charge is 0.383 e. The number of anilines is 1. The van der Waals surface area contributed by atoms with Crippen molar-refractivity contribution in [2.24, 2.45) is 0 Å². The molecule has 15 heavy (non-hydrogen) atoms. The topological polar surface area (TPSA) is 100 Å². The Labute approximate surface area is 85.6 Å². The first-order valence-corrected chi connectivity index (χ1v) is 4.60. The monoisotopic (exact) mass is 205 g/mol. The van der Waals surface area contributed by atoms with Crippen LogP contribution in [0.1, 0.15) is 12.5 Å². The third-order valence-electron chi connectivity index (χ3n) is 2.12. The third-order valence-corrected chi connectivity index (χ3v) is 2.12. The molecule has 0 atom stereocenters. The number of H-pyrrole nitrogens is 2. The smallest absolute Gasteiger partial charge is 0.256 e. The van der Waals surface area contributed by atoms with Crippen molar-refractivity contribution in [1.82, 2.24) is 19.9 Å². The predicted molar refractivity (Wildman–Crippen MR) is 56.2 cm³/mol. The first kappa shape index (κ1) is 9.45. The highest BCUT2D eigenvalue weighted by Crippen LogP contribution is 2.10. The van der Waals surface area contributed by atoms with E-state index in [-0.39, 0.29) is 11.4 Å². The van der Waals surface area contributed by atoms with E-state index in [2.05, 4.69) is 19.9 Å². The number of hydrogen-bond donors (Lipinski definition) is 3. The molecule has 0 saturated carbocycles. The van der Waals surface area contributed by atoms with Gasteiger partial charge in [-0.3, -0.25) is 4.79 Å². The molecule has 0 aliphatic carbocycles. The van der Waals surface area contributed by atoms with Crippen molar-refractivity contribution in [3.8, 4) is 11.6 Å². The van der Waals surface area contributed by atoms with Crippen molar-refractivity contribution in [3.63, 3.8) is 0 Å². The van der Waals surface area contributed by atoms with Crippen LogP contribution >= 0.6 is 0 Å². The van der Waals surface area contributed by atoms with Gasteiger partial charge in [0.2, 0.25) is 0 Å². The zero-order chi connectivity index (χ0) is 10.8. The highest BCUT2D eigenvalue weighted by atomic mass is 16.1. The number of hydrogen-bond acceptors (Lipinski definition) is 4. The second-order valence-corrected chi connectivity index (χ2v) is 3.07. The molecule has 0 saturated heterocycles. The minimum absolute atomic E-state index is 0.212. The van der Waals surface area contributed by atoms with E-state index in [9.17, 15) is 4.79 Å². The van der Waals surface area contributed by atoms with E-state index < -0.39 is 0 Å². The fraction of sp³-hybridized carbons (Fsp3) is 0.222. The Balaban J connectivity index is 2.58. The number of rotatable bonds is 2. The minimum atomic E-state index is -0.212. The lowest BCUT2D eigenvalue weighted by Crippen LogP contribution is -2.17. The number of nitrogen functional groups attached to an aromatic ring is 1. The molecule has 0 spiro atoms. The Kier molecular flexibility index (Phi) is 2.24. The van der Waals surface area contributed by atoms with Crippen molar-refractivity contribution in [1.29, 1.82) is 0 Å². The average molecular weight is 205 g/mol. The molecule has 2 rings (SSSR count). The molecule has 0 radical (unpaired) electrons. The van der Waals surface area contributed by atoms with Gasteiger partial charge in [0.25, 0.3) is 5.56 Å². The molecule has 78 valence electrons. The van der Waals surface area contributed by atoms with Gasteiger partial charge in [-0.1, -0.05) is 6.92 Å². The van der Waals surface area contributed by atoms with Gasteiger partial charge >= 0.3 is 0 Å². The summed E-state index contributed by atoms with van der Waals surface area (Å²) in [5, 5.41) is 0. The summed E-state index contributed by atoms with van der Waals surface area (Å²) >= 11 is 0. The lowest BCUT2D eigenvalue weighted by Gasteiger charge is -2.02. The molecular weight excluding hydrogens is 194 g/mol. The van der Waals surface area contributed by atoms with Gasteiger partial charge in [-0.15, -0.1) is 0 Å². The molecule has 6 heteroatoms. The van der Waals surface area contributed by atoms with Gasteiger partial charge in [0.15, 0.2) is 11.6 Å². The summed E-state index contributed by atoms with van der Waals surface area (Å²) in [5.41, 5.74) is 5.96. The van der Waals surface area contributed by atoms with Crippen LogP contribution in [-0.4, -0.2) is 19.9 Å². The number of nitrogens with zero attached hydrogens (tertiary/aromatic N) is 2. The van der Waals surface area contributed by atoms with Crippen LogP contribution in [0.4, 0.5) is 5.82 Å².